The van der Waals surface area contributed by atoms with Crippen LogP contribution < -0.4 is 4.74 Å². The number of aromatic hydroxyl groups is 2. The molecule has 3 heterocycles. The maximum absolute atomic E-state index is 13.5. The second kappa shape index (κ2) is 7.83. The summed E-state index contributed by atoms with van der Waals surface area (Å²) in [4.78, 5) is 0. The topological polar surface area (TPSA) is 87.6 Å². The SMILES string of the molecule is C[C@@]12CC[C@@](CCOc3ccc(Cl)cc3)(O1)c1c2c(O)n(-c2ccc(C#N)c(C(F)(F)F)c2)c1O. The minimum atomic E-state index is -4.78. The molecule has 6 nitrogen and oxygen atoms in total. The molecule has 5 rings (SSSR count). The van der Waals surface area contributed by atoms with E-state index in [1.807, 2.05) is 0 Å². The van der Waals surface area contributed by atoms with Crippen molar-refractivity contribution in [3.63, 3.8) is 0 Å². The molecule has 2 aliphatic rings. The predicted octanol–water partition coefficient (Wildman–Crippen LogP) is 6.14. The summed E-state index contributed by atoms with van der Waals surface area (Å²) < 4.78 is 53.7. The van der Waals surface area contributed by atoms with Gasteiger partial charge in [0.2, 0.25) is 11.8 Å². The molecule has 3 aromatic rings. The van der Waals surface area contributed by atoms with Gasteiger partial charge in [0.1, 0.15) is 11.4 Å². The quantitative estimate of drug-likeness (QED) is 0.436. The van der Waals surface area contributed by atoms with Crippen LogP contribution in [0.3, 0.4) is 0 Å². The summed E-state index contributed by atoms with van der Waals surface area (Å²) in [5, 5.41) is 31.9. The monoisotopic (exact) mass is 504 g/mol. The molecule has 1 saturated heterocycles. The van der Waals surface area contributed by atoms with Gasteiger partial charge in [-0.15, -0.1) is 0 Å². The van der Waals surface area contributed by atoms with Crippen LogP contribution in [0.2, 0.25) is 5.02 Å². The third-order valence-electron chi connectivity index (χ3n) is 6.81. The summed E-state index contributed by atoms with van der Waals surface area (Å²) >= 11 is 5.90. The summed E-state index contributed by atoms with van der Waals surface area (Å²) in [7, 11) is 0. The lowest BCUT2D eigenvalue weighted by Crippen LogP contribution is -2.25. The van der Waals surface area contributed by atoms with E-state index in [-0.39, 0.29) is 12.3 Å². The smallest absolute Gasteiger partial charge is 0.417 e. The molecular weight excluding hydrogens is 485 g/mol. The van der Waals surface area contributed by atoms with Crippen LogP contribution >= 0.6 is 11.6 Å². The molecule has 0 spiro atoms. The minimum Gasteiger partial charge on any atom is -0.494 e. The summed E-state index contributed by atoms with van der Waals surface area (Å²) in [5.41, 5.74) is -3.00. The van der Waals surface area contributed by atoms with Gasteiger partial charge >= 0.3 is 6.18 Å². The van der Waals surface area contributed by atoms with Gasteiger partial charge in [0, 0.05) is 11.4 Å². The third-order valence-corrected chi connectivity index (χ3v) is 7.06. The molecule has 1 fully saturated rings. The van der Waals surface area contributed by atoms with Crippen molar-refractivity contribution < 1.29 is 32.9 Å². The zero-order chi connectivity index (χ0) is 25.2. The first kappa shape index (κ1) is 23.4. The third kappa shape index (κ3) is 3.60. The lowest BCUT2D eigenvalue weighted by atomic mass is 9.78. The molecule has 1 aromatic heterocycles. The Kier molecular flexibility index (Phi) is 5.24. The molecule has 2 atom stereocenters. The lowest BCUT2D eigenvalue weighted by Gasteiger charge is -2.26. The fourth-order valence-corrected chi connectivity index (χ4v) is 5.35. The van der Waals surface area contributed by atoms with Gasteiger partial charge in [-0.25, -0.2) is 0 Å². The van der Waals surface area contributed by atoms with Gasteiger partial charge in [0.25, 0.3) is 0 Å². The maximum atomic E-state index is 13.5. The number of nitriles is 1. The van der Waals surface area contributed by atoms with Crippen LogP contribution in [0, 0.1) is 11.3 Å². The number of halogens is 4. The Morgan fingerprint density at radius 3 is 2.46 bits per heavy atom. The number of hydrogen-bond acceptors (Lipinski definition) is 5. The van der Waals surface area contributed by atoms with Gasteiger partial charge in [-0.05, 0) is 62.2 Å². The maximum Gasteiger partial charge on any atom is 0.417 e. The van der Waals surface area contributed by atoms with Crippen LogP contribution in [0.5, 0.6) is 17.5 Å². The second-order valence-corrected chi connectivity index (χ2v) is 9.39. The van der Waals surface area contributed by atoms with E-state index in [1.54, 1.807) is 31.2 Å². The van der Waals surface area contributed by atoms with Crippen LogP contribution in [-0.2, 0) is 22.1 Å². The fraction of sp³-hybridized carbons (Fsp3) is 0.320. The van der Waals surface area contributed by atoms with Gasteiger partial charge < -0.3 is 19.7 Å². The Labute approximate surface area is 203 Å². The molecule has 0 amide bonds. The first-order chi connectivity index (χ1) is 16.5. The number of alkyl halides is 3. The zero-order valence-electron chi connectivity index (χ0n) is 18.5. The number of hydrogen-bond donors (Lipinski definition) is 2. The molecule has 10 heteroatoms. The Morgan fingerprint density at radius 2 is 1.80 bits per heavy atom. The first-order valence-electron chi connectivity index (χ1n) is 10.9. The molecule has 35 heavy (non-hydrogen) atoms. The molecule has 2 N–H and O–H groups in total. The number of fused-ring (bicyclic) bond motifs is 5. The number of aromatic nitrogens is 1. The van der Waals surface area contributed by atoms with Gasteiger partial charge in [0.15, 0.2) is 0 Å². The minimum absolute atomic E-state index is 0.115. The van der Waals surface area contributed by atoms with Crippen molar-refractivity contribution in [1.82, 2.24) is 4.57 Å². The van der Waals surface area contributed by atoms with Crippen molar-refractivity contribution in [3.8, 4) is 29.3 Å². The van der Waals surface area contributed by atoms with Gasteiger partial charge in [-0.3, -0.25) is 4.57 Å². The van der Waals surface area contributed by atoms with E-state index in [0.717, 1.165) is 16.7 Å². The molecule has 2 bridgehead atoms. The Hall–Kier alpha value is -3.35. The highest BCUT2D eigenvalue weighted by Crippen LogP contribution is 2.65. The summed E-state index contributed by atoms with van der Waals surface area (Å²) in [6.45, 7) is 2.02. The van der Waals surface area contributed by atoms with Crippen molar-refractivity contribution in [2.75, 3.05) is 6.61 Å². The van der Waals surface area contributed by atoms with E-state index in [4.69, 9.17) is 26.3 Å². The van der Waals surface area contributed by atoms with Gasteiger partial charge in [-0.1, -0.05) is 11.6 Å². The van der Waals surface area contributed by atoms with E-state index >= 15 is 0 Å². The normalized spacial score (nSPS) is 22.7. The average Bonchev–Trinajstić information content (AvgIpc) is 3.38. The average molecular weight is 505 g/mol. The molecule has 0 saturated carbocycles. The van der Waals surface area contributed by atoms with Crippen molar-refractivity contribution >= 4 is 11.6 Å². The number of ether oxygens (including phenoxy) is 2. The Bertz CT molecular complexity index is 1360. The van der Waals surface area contributed by atoms with Gasteiger partial charge in [0.05, 0.1) is 46.2 Å². The van der Waals surface area contributed by atoms with E-state index in [0.29, 0.717) is 41.2 Å². The van der Waals surface area contributed by atoms with E-state index in [1.165, 1.54) is 12.1 Å². The van der Waals surface area contributed by atoms with Crippen LogP contribution in [0.4, 0.5) is 13.2 Å². The largest absolute Gasteiger partial charge is 0.494 e. The predicted molar refractivity (Wildman–Crippen MR) is 120 cm³/mol. The highest BCUT2D eigenvalue weighted by molar-refractivity contribution is 6.30. The van der Waals surface area contributed by atoms with Crippen LogP contribution in [0.15, 0.2) is 42.5 Å². The van der Waals surface area contributed by atoms with Gasteiger partial charge in [-0.2, -0.15) is 18.4 Å². The highest BCUT2D eigenvalue weighted by Gasteiger charge is 2.61. The Balaban J connectivity index is 1.53. The standard InChI is InChI=1S/C25H20ClF3N2O4/c1-23-8-9-24(35-23,10-11-34-17-6-3-15(26)4-7-17)20-19(23)21(32)31(22(20)33)16-5-2-14(13-30)18(12-16)25(27,28)29/h2-7,12,32-33H,8-11H2,1H3/t23-,24-/m0/s1. The van der Waals surface area contributed by atoms with Crippen LogP contribution in [-0.4, -0.2) is 21.4 Å². The molecule has 0 unspecified atom stereocenters. The summed E-state index contributed by atoms with van der Waals surface area (Å²) in [5.74, 6) is -0.185. The van der Waals surface area contributed by atoms with Crippen LogP contribution in [0.1, 0.15) is 48.4 Å². The van der Waals surface area contributed by atoms with Crippen molar-refractivity contribution in [2.45, 2.75) is 43.6 Å². The van der Waals surface area contributed by atoms with Crippen molar-refractivity contribution in [1.29, 1.82) is 5.26 Å². The van der Waals surface area contributed by atoms with E-state index < -0.39 is 40.3 Å². The fourth-order valence-electron chi connectivity index (χ4n) is 5.22. The molecule has 0 radical (unpaired) electrons. The molecular formula is C25H20ClF3N2O4. The van der Waals surface area contributed by atoms with Crippen molar-refractivity contribution in [2.24, 2.45) is 0 Å². The Morgan fingerprint density at radius 1 is 1.11 bits per heavy atom. The molecule has 0 aliphatic carbocycles. The summed E-state index contributed by atoms with van der Waals surface area (Å²) in [6, 6.07) is 11.4. The van der Waals surface area contributed by atoms with Crippen LogP contribution in [0.25, 0.3) is 5.69 Å². The van der Waals surface area contributed by atoms with E-state index in [9.17, 15) is 23.4 Å². The molecule has 182 valence electrons. The second-order valence-electron chi connectivity index (χ2n) is 8.95. The number of benzene rings is 2. The number of rotatable bonds is 5. The number of nitrogens with zero attached hydrogens (tertiary/aromatic N) is 2. The van der Waals surface area contributed by atoms with Crippen molar-refractivity contribution in [3.05, 3.63) is 69.7 Å². The highest BCUT2D eigenvalue weighted by atomic mass is 35.5. The first-order valence-corrected chi connectivity index (χ1v) is 11.2. The van der Waals surface area contributed by atoms with E-state index in [2.05, 4.69) is 0 Å². The molecule has 2 aromatic carbocycles. The zero-order valence-corrected chi connectivity index (χ0v) is 19.2. The summed E-state index contributed by atoms with van der Waals surface area (Å²) in [6.07, 6.45) is -3.34. The molecule has 2 aliphatic heterocycles. The lowest BCUT2D eigenvalue weighted by molar-refractivity contribution is -0.137.